The van der Waals surface area contributed by atoms with Crippen LogP contribution >= 0.6 is 0 Å². The Hall–Kier alpha value is -0.610. The van der Waals surface area contributed by atoms with E-state index in [1.165, 1.54) is 0 Å². The Morgan fingerprint density at radius 1 is 1.64 bits per heavy atom. The molecule has 2 saturated heterocycles. The third kappa shape index (κ3) is 0.937. The van der Waals surface area contributed by atoms with Crippen LogP contribution < -0.4 is 0 Å². The average molecular weight is 158 g/mol. The quantitative estimate of drug-likeness (QED) is 0.480. The van der Waals surface area contributed by atoms with Crippen LogP contribution in [0.5, 0.6) is 0 Å². The number of hydrogen-bond acceptors (Lipinski definition) is 4. The first-order valence-electron chi connectivity index (χ1n) is 3.71. The van der Waals surface area contributed by atoms with Gasteiger partial charge in [-0.2, -0.15) is 0 Å². The molecule has 0 aromatic carbocycles. The van der Waals surface area contributed by atoms with Crippen molar-refractivity contribution in [1.82, 2.24) is 0 Å². The van der Waals surface area contributed by atoms with E-state index in [2.05, 4.69) is 0 Å². The van der Waals surface area contributed by atoms with E-state index in [9.17, 15) is 9.90 Å². The summed E-state index contributed by atoms with van der Waals surface area (Å²) in [6.07, 6.45) is -1.21. The van der Waals surface area contributed by atoms with Gasteiger partial charge in [0.2, 0.25) is 0 Å². The van der Waals surface area contributed by atoms with Crippen LogP contribution in [0.1, 0.15) is 13.3 Å². The smallest absolute Gasteiger partial charge is 0.309 e. The summed E-state index contributed by atoms with van der Waals surface area (Å²) in [4.78, 5) is 10.7. The Labute approximate surface area is 64.1 Å². The van der Waals surface area contributed by atoms with Crippen LogP contribution in [0, 0.1) is 0 Å². The van der Waals surface area contributed by atoms with Gasteiger partial charge in [0.05, 0.1) is 12.5 Å². The maximum atomic E-state index is 10.7. The third-order valence-electron chi connectivity index (χ3n) is 2.21. The Bertz CT molecular complexity index is 191. The van der Waals surface area contributed by atoms with Gasteiger partial charge in [0, 0.05) is 0 Å². The highest BCUT2D eigenvalue weighted by Crippen LogP contribution is 2.31. The summed E-state index contributed by atoms with van der Waals surface area (Å²) >= 11 is 0. The van der Waals surface area contributed by atoms with E-state index in [0.717, 1.165) is 0 Å². The fraction of sp³-hybridized carbons (Fsp3) is 0.857. The molecule has 4 atom stereocenters. The summed E-state index contributed by atoms with van der Waals surface area (Å²) in [5, 5.41) is 9.38. The molecule has 0 radical (unpaired) electrons. The van der Waals surface area contributed by atoms with Gasteiger partial charge in [-0.25, -0.2) is 0 Å². The Kier molecular flexibility index (Phi) is 1.40. The predicted molar refractivity (Wildman–Crippen MR) is 34.8 cm³/mol. The molecule has 2 aliphatic heterocycles. The number of fused-ring (bicyclic) bond motifs is 1. The molecule has 2 heterocycles. The first-order valence-corrected chi connectivity index (χ1v) is 3.71. The number of esters is 1. The second kappa shape index (κ2) is 2.19. The summed E-state index contributed by atoms with van der Waals surface area (Å²) in [6, 6.07) is 0. The van der Waals surface area contributed by atoms with Gasteiger partial charge in [0.15, 0.2) is 6.10 Å². The molecular weight excluding hydrogens is 148 g/mol. The molecular formula is C7H10O4. The zero-order chi connectivity index (χ0) is 8.01. The van der Waals surface area contributed by atoms with Crippen LogP contribution in [-0.2, 0) is 14.3 Å². The molecule has 0 aromatic heterocycles. The number of carbonyl (C=O) groups is 1. The number of aliphatic hydroxyl groups excluding tert-OH is 1. The largest absolute Gasteiger partial charge is 0.457 e. The molecule has 2 rings (SSSR count). The summed E-state index contributed by atoms with van der Waals surface area (Å²) < 4.78 is 10.1. The van der Waals surface area contributed by atoms with Crippen LogP contribution in [-0.4, -0.2) is 35.5 Å². The average Bonchev–Trinajstić information content (AvgIpc) is 2.37. The monoisotopic (exact) mass is 158 g/mol. The lowest BCUT2D eigenvalue weighted by atomic mass is 10.1. The fourth-order valence-corrected chi connectivity index (χ4v) is 1.59. The van der Waals surface area contributed by atoms with Crippen molar-refractivity contribution in [3.8, 4) is 0 Å². The highest BCUT2D eigenvalue weighted by atomic mass is 16.6. The third-order valence-corrected chi connectivity index (χ3v) is 2.21. The van der Waals surface area contributed by atoms with Gasteiger partial charge in [-0.15, -0.1) is 0 Å². The molecule has 0 aliphatic carbocycles. The van der Waals surface area contributed by atoms with Gasteiger partial charge in [-0.05, 0) is 6.92 Å². The minimum atomic E-state index is -0.647. The molecule has 1 N–H and O–H groups in total. The summed E-state index contributed by atoms with van der Waals surface area (Å²) in [7, 11) is 0. The molecule has 0 aromatic rings. The van der Waals surface area contributed by atoms with Crippen molar-refractivity contribution in [2.45, 2.75) is 37.8 Å². The molecule has 2 aliphatic rings. The molecule has 4 unspecified atom stereocenters. The van der Waals surface area contributed by atoms with E-state index in [0.29, 0.717) is 0 Å². The standard InChI is InChI=1S/C7H10O4/c1-3-6(9)7-4(10-3)2-5(8)11-7/h3-4,6-7,9H,2H2,1H3. The van der Waals surface area contributed by atoms with E-state index in [1.54, 1.807) is 6.92 Å². The molecule has 0 bridgehead atoms. The Balaban J connectivity index is 2.13. The molecule has 11 heavy (non-hydrogen) atoms. The second-order valence-electron chi connectivity index (χ2n) is 3.03. The first kappa shape index (κ1) is 7.06. The SMILES string of the molecule is CC1OC2CC(=O)OC2C1O. The molecule has 2 fully saturated rings. The highest BCUT2D eigenvalue weighted by Gasteiger charge is 2.49. The molecule has 62 valence electrons. The van der Waals surface area contributed by atoms with Gasteiger partial charge >= 0.3 is 5.97 Å². The van der Waals surface area contributed by atoms with Gasteiger partial charge in [-0.3, -0.25) is 4.79 Å². The van der Waals surface area contributed by atoms with Crippen molar-refractivity contribution in [2.75, 3.05) is 0 Å². The second-order valence-corrected chi connectivity index (χ2v) is 3.03. The van der Waals surface area contributed by atoms with Crippen LogP contribution in [0.2, 0.25) is 0 Å². The number of rotatable bonds is 0. The molecule has 4 nitrogen and oxygen atoms in total. The molecule has 4 heteroatoms. The van der Waals surface area contributed by atoms with Crippen LogP contribution in [0.3, 0.4) is 0 Å². The van der Waals surface area contributed by atoms with Crippen molar-refractivity contribution in [3.05, 3.63) is 0 Å². The minimum Gasteiger partial charge on any atom is -0.457 e. The lowest BCUT2D eigenvalue weighted by molar-refractivity contribution is -0.145. The van der Waals surface area contributed by atoms with Crippen LogP contribution in [0.25, 0.3) is 0 Å². The van der Waals surface area contributed by atoms with Crippen molar-refractivity contribution < 1.29 is 19.4 Å². The van der Waals surface area contributed by atoms with Crippen molar-refractivity contribution in [2.24, 2.45) is 0 Å². The fourth-order valence-electron chi connectivity index (χ4n) is 1.59. The molecule has 0 spiro atoms. The minimum absolute atomic E-state index is 0.210. The zero-order valence-electron chi connectivity index (χ0n) is 6.19. The van der Waals surface area contributed by atoms with E-state index < -0.39 is 12.2 Å². The van der Waals surface area contributed by atoms with Gasteiger partial charge in [0.25, 0.3) is 0 Å². The van der Waals surface area contributed by atoms with Crippen LogP contribution in [0.4, 0.5) is 0 Å². The lowest BCUT2D eigenvalue weighted by Gasteiger charge is -2.11. The number of carbonyl (C=O) groups excluding carboxylic acids is 1. The Morgan fingerprint density at radius 3 is 3.00 bits per heavy atom. The van der Waals surface area contributed by atoms with E-state index in [-0.39, 0.29) is 24.6 Å². The Morgan fingerprint density at radius 2 is 2.36 bits per heavy atom. The highest BCUT2D eigenvalue weighted by molar-refractivity contribution is 5.72. The maximum absolute atomic E-state index is 10.7. The number of ether oxygens (including phenoxy) is 2. The summed E-state index contributed by atoms with van der Waals surface area (Å²) in [5.41, 5.74) is 0. The normalized spacial score (nSPS) is 49.1. The zero-order valence-corrected chi connectivity index (χ0v) is 6.19. The topological polar surface area (TPSA) is 55.8 Å². The van der Waals surface area contributed by atoms with E-state index in [4.69, 9.17) is 9.47 Å². The number of aliphatic hydroxyl groups is 1. The molecule has 0 amide bonds. The first-order chi connectivity index (χ1) is 5.18. The van der Waals surface area contributed by atoms with Crippen molar-refractivity contribution in [3.63, 3.8) is 0 Å². The van der Waals surface area contributed by atoms with E-state index >= 15 is 0 Å². The van der Waals surface area contributed by atoms with Crippen molar-refractivity contribution >= 4 is 5.97 Å². The molecule has 0 saturated carbocycles. The van der Waals surface area contributed by atoms with Crippen LogP contribution in [0.15, 0.2) is 0 Å². The van der Waals surface area contributed by atoms with Gasteiger partial charge < -0.3 is 14.6 Å². The summed E-state index contributed by atoms with van der Waals surface area (Å²) in [5.74, 6) is -0.272. The van der Waals surface area contributed by atoms with E-state index in [1.807, 2.05) is 0 Å². The lowest BCUT2D eigenvalue weighted by Crippen LogP contribution is -2.30. The van der Waals surface area contributed by atoms with Crippen molar-refractivity contribution in [1.29, 1.82) is 0 Å². The summed E-state index contributed by atoms with van der Waals surface area (Å²) in [6.45, 7) is 1.77. The predicted octanol–water partition coefficient (Wildman–Crippen LogP) is -0.550. The maximum Gasteiger partial charge on any atom is 0.309 e. The van der Waals surface area contributed by atoms with Gasteiger partial charge in [-0.1, -0.05) is 0 Å². The number of hydrogen-bond donors (Lipinski definition) is 1. The van der Waals surface area contributed by atoms with Gasteiger partial charge in [0.1, 0.15) is 12.2 Å².